The Labute approximate surface area is 181 Å². The van der Waals surface area contributed by atoms with Crippen LogP contribution in [0.4, 0.5) is 4.79 Å². The first-order valence-electron chi connectivity index (χ1n) is 10.7. The molecule has 2 aromatic rings. The number of carbonyl (C=O) groups excluding carboxylic acids is 3. The molecule has 2 aliphatic heterocycles. The summed E-state index contributed by atoms with van der Waals surface area (Å²) in [5.41, 5.74) is 0.579. The summed E-state index contributed by atoms with van der Waals surface area (Å²) < 4.78 is 5.39. The molecule has 4 rings (SSSR count). The lowest BCUT2D eigenvalue weighted by Crippen LogP contribution is -2.57. The van der Waals surface area contributed by atoms with Crippen molar-refractivity contribution >= 4 is 17.8 Å². The molecule has 2 fully saturated rings. The first-order valence-corrected chi connectivity index (χ1v) is 10.7. The molecule has 164 valence electrons. The van der Waals surface area contributed by atoms with Crippen LogP contribution in [-0.2, 0) is 16.1 Å². The molecule has 0 saturated carbocycles. The molecular weight excluding hydrogens is 396 g/mol. The molecule has 2 saturated heterocycles. The summed E-state index contributed by atoms with van der Waals surface area (Å²) in [6, 6.07) is 12.9. The molecule has 8 nitrogen and oxygen atoms in total. The van der Waals surface area contributed by atoms with E-state index >= 15 is 0 Å². The van der Waals surface area contributed by atoms with E-state index in [-0.39, 0.29) is 24.4 Å². The second-order valence-electron chi connectivity index (χ2n) is 7.92. The van der Waals surface area contributed by atoms with Crippen LogP contribution in [-0.4, -0.2) is 75.9 Å². The minimum absolute atomic E-state index is 0.0839. The molecule has 0 radical (unpaired) electrons. The highest BCUT2D eigenvalue weighted by Gasteiger charge is 2.58. The maximum Gasteiger partial charge on any atom is 0.328 e. The number of rotatable bonds is 7. The zero-order valence-electron chi connectivity index (χ0n) is 17.8. The minimum atomic E-state index is -0.925. The van der Waals surface area contributed by atoms with E-state index in [1.807, 2.05) is 37.3 Å². The van der Waals surface area contributed by atoms with Crippen LogP contribution in [0.2, 0.25) is 0 Å². The van der Waals surface area contributed by atoms with Gasteiger partial charge >= 0.3 is 6.03 Å². The second kappa shape index (κ2) is 8.93. The average molecular weight is 425 g/mol. The van der Waals surface area contributed by atoms with Gasteiger partial charge in [0.25, 0.3) is 11.8 Å². The zero-order chi connectivity index (χ0) is 21.8. The third-order valence-electron chi connectivity index (χ3n) is 6.17. The third kappa shape index (κ3) is 3.95. The number of urea groups is 1. The summed E-state index contributed by atoms with van der Waals surface area (Å²) in [4.78, 5) is 47.2. The lowest BCUT2D eigenvalue weighted by Gasteiger charge is -2.42. The average Bonchev–Trinajstić information content (AvgIpc) is 3.40. The van der Waals surface area contributed by atoms with Crippen molar-refractivity contribution in [3.8, 4) is 0 Å². The number of benzene rings is 1. The fourth-order valence-corrected chi connectivity index (χ4v) is 4.46. The summed E-state index contributed by atoms with van der Waals surface area (Å²) in [7, 11) is 0. The number of nitrogens with one attached hydrogen (secondary N) is 1. The standard InChI is InChI=1S/C23H28N4O4/c1-2-31-16-15-26-21(29)23(27(22(26)30)17-18-7-4-3-5-8-18)10-13-25(14-11-23)20(28)19-9-6-12-24-19/h3-9,12,24H,2,10-11,13-17H2,1H3. The molecule has 3 heterocycles. The van der Waals surface area contributed by atoms with Crippen molar-refractivity contribution in [3.63, 3.8) is 0 Å². The first-order chi connectivity index (χ1) is 15.1. The Bertz CT molecular complexity index is 920. The fraction of sp³-hybridized carbons (Fsp3) is 0.435. The fourth-order valence-electron chi connectivity index (χ4n) is 4.46. The number of piperidine rings is 1. The highest BCUT2D eigenvalue weighted by Crippen LogP contribution is 2.38. The van der Waals surface area contributed by atoms with Crippen LogP contribution in [0.3, 0.4) is 0 Å². The van der Waals surface area contributed by atoms with Gasteiger partial charge in [-0.15, -0.1) is 0 Å². The van der Waals surface area contributed by atoms with Gasteiger partial charge in [0.15, 0.2) is 0 Å². The molecular formula is C23H28N4O4. The van der Waals surface area contributed by atoms with Gasteiger partial charge in [-0.3, -0.25) is 14.5 Å². The lowest BCUT2D eigenvalue weighted by atomic mass is 9.85. The molecule has 0 atom stereocenters. The Balaban J connectivity index is 1.55. The summed E-state index contributed by atoms with van der Waals surface area (Å²) in [6.45, 7) is 4.17. The SMILES string of the molecule is CCOCCN1C(=O)N(Cc2ccccc2)C2(CCN(C(=O)c3ccc[nH]3)CC2)C1=O. The van der Waals surface area contributed by atoms with E-state index in [0.29, 0.717) is 51.4 Å². The number of nitrogens with zero attached hydrogens (tertiary/aromatic N) is 3. The van der Waals surface area contributed by atoms with E-state index in [0.717, 1.165) is 5.56 Å². The summed E-state index contributed by atoms with van der Waals surface area (Å²) in [5.74, 6) is -0.264. The predicted octanol–water partition coefficient (Wildman–Crippen LogP) is 2.49. The van der Waals surface area contributed by atoms with Gasteiger partial charge in [0, 0.05) is 32.4 Å². The Morgan fingerprint density at radius 2 is 1.84 bits per heavy atom. The molecule has 1 aromatic carbocycles. The van der Waals surface area contributed by atoms with Crippen molar-refractivity contribution in [2.75, 3.05) is 32.8 Å². The Hall–Kier alpha value is -3.13. The van der Waals surface area contributed by atoms with E-state index in [9.17, 15) is 14.4 Å². The van der Waals surface area contributed by atoms with Gasteiger partial charge in [-0.05, 0) is 37.5 Å². The van der Waals surface area contributed by atoms with Gasteiger partial charge in [0.2, 0.25) is 0 Å². The van der Waals surface area contributed by atoms with Crippen LogP contribution in [0.25, 0.3) is 0 Å². The number of hydrogen-bond donors (Lipinski definition) is 1. The predicted molar refractivity (Wildman–Crippen MR) is 114 cm³/mol. The lowest BCUT2D eigenvalue weighted by molar-refractivity contribution is -0.136. The minimum Gasteiger partial charge on any atom is -0.380 e. The van der Waals surface area contributed by atoms with Crippen LogP contribution in [0.5, 0.6) is 0 Å². The number of aromatic amines is 1. The maximum absolute atomic E-state index is 13.5. The quantitative estimate of drug-likeness (QED) is 0.547. The number of amides is 4. The number of H-pyrrole nitrogens is 1. The smallest absolute Gasteiger partial charge is 0.328 e. The highest BCUT2D eigenvalue weighted by atomic mass is 16.5. The number of hydrogen-bond acceptors (Lipinski definition) is 4. The van der Waals surface area contributed by atoms with Crippen LogP contribution in [0.15, 0.2) is 48.7 Å². The topological polar surface area (TPSA) is 85.9 Å². The van der Waals surface area contributed by atoms with E-state index in [4.69, 9.17) is 4.74 Å². The van der Waals surface area contributed by atoms with E-state index in [1.165, 1.54) is 4.90 Å². The van der Waals surface area contributed by atoms with Crippen molar-refractivity contribution in [1.82, 2.24) is 19.7 Å². The van der Waals surface area contributed by atoms with Crippen molar-refractivity contribution < 1.29 is 19.1 Å². The normalized spacial score (nSPS) is 18.3. The Kier molecular flexibility index (Phi) is 6.08. The number of ether oxygens (including phenoxy) is 1. The largest absolute Gasteiger partial charge is 0.380 e. The van der Waals surface area contributed by atoms with Gasteiger partial charge in [-0.2, -0.15) is 0 Å². The van der Waals surface area contributed by atoms with Crippen molar-refractivity contribution in [2.45, 2.75) is 31.8 Å². The van der Waals surface area contributed by atoms with Gasteiger partial charge in [-0.25, -0.2) is 4.79 Å². The number of carbonyl (C=O) groups is 3. The molecule has 0 bridgehead atoms. The molecule has 1 N–H and O–H groups in total. The molecule has 2 aliphatic rings. The van der Waals surface area contributed by atoms with Gasteiger partial charge in [-0.1, -0.05) is 30.3 Å². The Morgan fingerprint density at radius 1 is 1.10 bits per heavy atom. The maximum atomic E-state index is 13.5. The number of imide groups is 1. The highest BCUT2D eigenvalue weighted by molar-refractivity contribution is 6.07. The number of aromatic nitrogens is 1. The van der Waals surface area contributed by atoms with Crippen molar-refractivity contribution in [1.29, 1.82) is 0 Å². The van der Waals surface area contributed by atoms with E-state index in [1.54, 1.807) is 28.1 Å². The van der Waals surface area contributed by atoms with Crippen molar-refractivity contribution in [2.24, 2.45) is 0 Å². The summed E-state index contributed by atoms with van der Waals surface area (Å²) in [5, 5.41) is 0. The summed E-state index contributed by atoms with van der Waals surface area (Å²) in [6.07, 6.45) is 2.56. The van der Waals surface area contributed by atoms with E-state index < -0.39 is 5.54 Å². The summed E-state index contributed by atoms with van der Waals surface area (Å²) >= 11 is 0. The third-order valence-corrected chi connectivity index (χ3v) is 6.17. The molecule has 0 unspecified atom stereocenters. The first kappa shape index (κ1) is 21.1. The zero-order valence-corrected chi connectivity index (χ0v) is 17.8. The Morgan fingerprint density at radius 3 is 2.48 bits per heavy atom. The molecule has 1 aromatic heterocycles. The van der Waals surface area contributed by atoms with E-state index in [2.05, 4.69) is 4.98 Å². The van der Waals surface area contributed by atoms with Crippen LogP contribution in [0, 0.1) is 0 Å². The van der Waals surface area contributed by atoms with Gasteiger partial charge in [0.05, 0.1) is 13.2 Å². The van der Waals surface area contributed by atoms with Gasteiger partial charge in [0.1, 0.15) is 11.2 Å². The second-order valence-corrected chi connectivity index (χ2v) is 7.92. The molecule has 1 spiro atoms. The molecule has 8 heteroatoms. The van der Waals surface area contributed by atoms with Crippen molar-refractivity contribution in [3.05, 3.63) is 59.9 Å². The van der Waals surface area contributed by atoms with Crippen LogP contribution in [0.1, 0.15) is 35.8 Å². The monoisotopic (exact) mass is 424 g/mol. The molecule has 4 amide bonds. The van der Waals surface area contributed by atoms with Gasteiger partial charge < -0.3 is 19.5 Å². The molecule has 31 heavy (non-hydrogen) atoms. The number of likely N-dealkylation sites (tertiary alicyclic amines) is 1. The molecule has 0 aliphatic carbocycles. The van der Waals surface area contributed by atoms with Crippen LogP contribution < -0.4 is 0 Å². The van der Waals surface area contributed by atoms with Crippen LogP contribution >= 0.6 is 0 Å².